The van der Waals surface area contributed by atoms with Crippen LogP contribution in [0.5, 0.6) is 11.5 Å². The summed E-state index contributed by atoms with van der Waals surface area (Å²) in [5.41, 5.74) is 4.19. The van der Waals surface area contributed by atoms with Crippen LogP contribution in [0.1, 0.15) is 47.4 Å². The van der Waals surface area contributed by atoms with Crippen molar-refractivity contribution in [2.45, 2.75) is 39.8 Å². The number of phenolic OH excluding ortho intramolecular Hbond substituents is 1. The number of amides is 1. The van der Waals surface area contributed by atoms with E-state index in [9.17, 15) is 9.90 Å². The Morgan fingerprint density at radius 2 is 2.03 bits per heavy atom. The van der Waals surface area contributed by atoms with Crippen LogP contribution in [0, 0.1) is 0 Å². The van der Waals surface area contributed by atoms with E-state index in [1.165, 1.54) is 0 Å². The fourth-order valence-corrected chi connectivity index (χ4v) is 3.96. The quantitative estimate of drug-likeness (QED) is 0.578. The Labute approximate surface area is 182 Å². The van der Waals surface area contributed by atoms with Crippen LogP contribution in [-0.4, -0.2) is 57.8 Å². The number of hydrogen-bond acceptors (Lipinski definition) is 5. The number of fused-ring (bicyclic) bond motifs is 2. The molecule has 31 heavy (non-hydrogen) atoms. The molecule has 2 N–H and O–H groups in total. The van der Waals surface area contributed by atoms with Gasteiger partial charge in [0.25, 0.3) is 5.91 Å². The fraction of sp³-hybridized carbons (Fsp3) is 0.417. The molecule has 2 aromatic carbocycles. The first-order valence-corrected chi connectivity index (χ1v) is 10.9. The number of H-pyrrole nitrogens is 1. The molecule has 7 heteroatoms. The van der Waals surface area contributed by atoms with Gasteiger partial charge in [0.1, 0.15) is 18.1 Å². The predicted octanol–water partition coefficient (Wildman–Crippen LogP) is 3.71. The largest absolute Gasteiger partial charge is 0.507 e. The van der Waals surface area contributed by atoms with Crippen molar-refractivity contribution in [2.75, 3.05) is 26.7 Å². The zero-order chi connectivity index (χ0) is 22.0. The fourth-order valence-electron chi connectivity index (χ4n) is 3.96. The summed E-state index contributed by atoms with van der Waals surface area (Å²) in [6.45, 7) is 7.73. The summed E-state index contributed by atoms with van der Waals surface area (Å²) in [4.78, 5) is 17.2. The molecule has 0 aliphatic carbocycles. The lowest BCUT2D eigenvalue weighted by atomic mass is 10.1. The highest BCUT2D eigenvalue weighted by Crippen LogP contribution is 2.32. The Hall–Kier alpha value is -3.06. The van der Waals surface area contributed by atoms with Crippen molar-refractivity contribution >= 4 is 16.8 Å². The van der Waals surface area contributed by atoms with Crippen molar-refractivity contribution in [1.29, 1.82) is 0 Å². The zero-order valence-electron chi connectivity index (χ0n) is 18.4. The number of ether oxygens (including phenoxy) is 1. The minimum absolute atomic E-state index is 0.0351. The van der Waals surface area contributed by atoms with Crippen LogP contribution in [0.4, 0.5) is 0 Å². The monoisotopic (exact) mass is 422 g/mol. The van der Waals surface area contributed by atoms with E-state index in [0.29, 0.717) is 30.8 Å². The molecule has 1 aromatic heterocycles. The van der Waals surface area contributed by atoms with E-state index in [4.69, 9.17) is 4.74 Å². The van der Waals surface area contributed by atoms with Gasteiger partial charge in [0, 0.05) is 36.8 Å². The van der Waals surface area contributed by atoms with Crippen LogP contribution in [0.2, 0.25) is 0 Å². The van der Waals surface area contributed by atoms with E-state index in [2.05, 4.69) is 36.0 Å². The number of likely N-dealkylation sites (N-methyl/N-ethyl adjacent to an activating group) is 1. The maximum Gasteiger partial charge on any atom is 0.258 e. The van der Waals surface area contributed by atoms with Gasteiger partial charge in [0.2, 0.25) is 0 Å². The summed E-state index contributed by atoms with van der Waals surface area (Å²) in [5, 5.41) is 18.6. The van der Waals surface area contributed by atoms with Crippen LogP contribution < -0.4 is 4.74 Å². The molecular formula is C24H30N4O3. The van der Waals surface area contributed by atoms with Gasteiger partial charge in [-0.2, -0.15) is 5.10 Å². The molecule has 0 spiro atoms. The third-order valence-electron chi connectivity index (χ3n) is 5.95. The number of hydrogen-bond donors (Lipinski definition) is 2. The summed E-state index contributed by atoms with van der Waals surface area (Å²) < 4.78 is 5.88. The number of aromatic hydroxyl groups is 1. The lowest BCUT2D eigenvalue weighted by Crippen LogP contribution is -2.25. The molecule has 0 atom stereocenters. The molecule has 0 saturated carbocycles. The third-order valence-corrected chi connectivity index (χ3v) is 5.95. The molecule has 2 heterocycles. The van der Waals surface area contributed by atoms with Crippen LogP contribution in [-0.2, 0) is 19.5 Å². The van der Waals surface area contributed by atoms with Crippen molar-refractivity contribution in [1.82, 2.24) is 20.0 Å². The molecule has 0 saturated heterocycles. The van der Waals surface area contributed by atoms with E-state index in [-0.39, 0.29) is 11.7 Å². The molecule has 3 aromatic rings. The summed E-state index contributed by atoms with van der Waals surface area (Å²) in [6.07, 6.45) is 1.82. The van der Waals surface area contributed by atoms with E-state index in [1.54, 1.807) is 17.0 Å². The minimum Gasteiger partial charge on any atom is -0.507 e. The van der Waals surface area contributed by atoms with Gasteiger partial charge in [-0.25, -0.2) is 0 Å². The first kappa shape index (κ1) is 21.2. The number of aryl methyl sites for hydroxylation is 1. The smallest absolute Gasteiger partial charge is 0.258 e. The minimum atomic E-state index is -0.175. The van der Waals surface area contributed by atoms with E-state index in [1.807, 2.05) is 18.2 Å². The average Bonchev–Trinajstić information content (AvgIpc) is 3.36. The molecule has 1 amide bonds. The Kier molecular flexibility index (Phi) is 6.13. The number of nitrogens with one attached hydrogen (secondary N) is 1. The van der Waals surface area contributed by atoms with Gasteiger partial charge in [-0.1, -0.05) is 26.3 Å². The number of benzene rings is 2. The van der Waals surface area contributed by atoms with Gasteiger partial charge in [-0.15, -0.1) is 0 Å². The molecule has 7 nitrogen and oxygen atoms in total. The van der Waals surface area contributed by atoms with Gasteiger partial charge in [-0.05, 0) is 49.3 Å². The molecule has 0 fully saturated rings. The second kappa shape index (κ2) is 8.98. The first-order chi connectivity index (χ1) is 15.0. The van der Waals surface area contributed by atoms with Crippen molar-refractivity contribution in [3.63, 3.8) is 0 Å². The second-order valence-corrected chi connectivity index (χ2v) is 8.17. The molecule has 0 bridgehead atoms. The van der Waals surface area contributed by atoms with Gasteiger partial charge in [0.15, 0.2) is 0 Å². The lowest BCUT2D eigenvalue weighted by molar-refractivity contribution is 0.0748. The topological polar surface area (TPSA) is 81.7 Å². The number of carbonyl (C=O) groups excluding carboxylic acids is 1. The van der Waals surface area contributed by atoms with Crippen LogP contribution in [0.25, 0.3) is 10.9 Å². The molecular weight excluding hydrogens is 392 g/mol. The SMILES string of the molecule is CCCc1[nH]nc2cc(O)c(C(=O)N3Cc4ccc(OCCN(C)CC)cc4C3)cc12. The lowest BCUT2D eigenvalue weighted by Gasteiger charge is -2.16. The van der Waals surface area contributed by atoms with Crippen LogP contribution >= 0.6 is 0 Å². The Bertz CT molecular complexity index is 1090. The third kappa shape index (κ3) is 4.37. The Morgan fingerprint density at radius 1 is 1.23 bits per heavy atom. The predicted molar refractivity (Wildman–Crippen MR) is 120 cm³/mol. The number of carbonyl (C=O) groups is 1. The Balaban J connectivity index is 1.49. The molecule has 1 aliphatic heterocycles. The van der Waals surface area contributed by atoms with Gasteiger partial charge >= 0.3 is 0 Å². The highest BCUT2D eigenvalue weighted by atomic mass is 16.5. The normalized spacial score (nSPS) is 13.2. The summed E-state index contributed by atoms with van der Waals surface area (Å²) in [5.74, 6) is 0.614. The number of aromatic nitrogens is 2. The zero-order valence-corrected chi connectivity index (χ0v) is 18.4. The van der Waals surface area contributed by atoms with E-state index < -0.39 is 0 Å². The highest BCUT2D eigenvalue weighted by Gasteiger charge is 2.27. The van der Waals surface area contributed by atoms with Crippen LogP contribution in [0.15, 0.2) is 30.3 Å². The maximum absolute atomic E-state index is 13.2. The summed E-state index contributed by atoms with van der Waals surface area (Å²) >= 11 is 0. The highest BCUT2D eigenvalue weighted by molar-refractivity contribution is 6.01. The number of nitrogens with zero attached hydrogens (tertiary/aromatic N) is 3. The summed E-state index contributed by atoms with van der Waals surface area (Å²) in [6, 6.07) is 9.35. The molecule has 1 aliphatic rings. The van der Waals surface area contributed by atoms with Gasteiger partial charge in [-0.3, -0.25) is 9.89 Å². The van der Waals surface area contributed by atoms with Crippen molar-refractivity contribution in [2.24, 2.45) is 0 Å². The molecule has 0 unspecified atom stereocenters. The van der Waals surface area contributed by atoms with Crippen molar-refractivity contribution in [3.8, 4) is 11.5 Å². The second-order valence-electron chi connectivity index (χ2n) is 8.17. The number of phenols is 1. The van der Waals surface area contributed by atoms with E-state index in [0.717, 1.165) is 53.9 Å². The standard InChI is InChI=1S/C24H30N4O3/c1-4-6-21-19-12-20(23(29)13-22(19)26-25-21)24(30)28-14-16-7-8-18(11-17(16)15-28)31-10-9-27(3)5-2/h7-8,11-13,29H,4-6,9-10,14-15H2,1-3H3,(H,25,26). The number of aromatic amines is 1. The van der Waals surface area contributed by atoms with Crippen LogP contribution in [0.3, 0.4) is 0 Å². The molecule has 164 valence electrons. The first-order valence-electron chi connectivity index (χ1n) is 10.9. The maximum atomic E-state index is 13.2. The average molecular weight is 423 g/mol. The number of rotatable bonds is 8. The molecule has 0 radical (unpaired) electrons. The summed E-state index contributed by atoms with van der Waals surface area (Å²) in [7, 11) is 2.07. The van der Waals surface area contributed by atoms with Gasteiger partial charge in [0.05, 0.1) is 11.1 Å². The Morgan fingerprint density at radius 3 is 2.81 bits per heavy atom. The van der Waals surface area contributed by atoms with E-state index >= 15 is 0 Å². The van der Waals surface area contributed by atoms with Crippen molar-refractivity contribution < 1.29 is 14.6 Å². The van der Waals surface area contributed by atoms with Gasteiger partial charge < -0.3 is 19.6 Å². The molecule has 4 rings (SSSR count). The van der Waals surface area contributed by atoms with Crippen molar-refractivity contribution in [3.05, 3.63) is 52.7 Å².